The van der Waals surface area contributed by atoms with E-state index in [9.17, 15) is 4.39 Å². The SMILES string of the molecule is CC(C)N1CCCC(N)C1c1cc(F)cc(Cl)c1. The second kappa shape index (κ2) is 5.55. The maximum Gasteiger partial charge on any atom is 0.125 e. The first-order valence-electron chi connectivity index (χ1n) is 6.46. The van der Waals surface area contributed by atoms with Crippen LogP contribution in [0.25, 0.3) is 0 Å². The van der Waals surface area contributed by atoms with E-state index in [1.54, 1.807) is 6.07 Å². The summed E-state index contributed by atoms with van der Waals surface area (Å²) < 4.78 is 13.5. The minimum atomic E-state index is -0.293. The lowest BCUT2D eigenvalue weighted by Crippen LogP contribution is -2.48. The van der Waals surface area contributed by atoms with Gasteiger partial charge in [0.05, 0.1) is 6.04 Å². The molecule has 1 aromatic rings. The summed E-state index contributed by atoms with van der Waals surface area (Å²) in [7, 11) is 0. The molecule has 2 rings (SSSR count). The zero-order valence-corrected chi connectivity index (χ0v) is 11.6. The predicted molar refractivity (Wildman–Crippen MR) is 73.2 cm³/mol. The number of halogens is 2. The van der Waals surface area contributed by atoms with Crippen molar-refractivity contribution in [2.75, 3.05) is 6.54 Å². The lowest BCUT2D eigenvalue weighted by Gasteiger charge is -2.42. The molecule has 1 aliphatic heterocycles. The Kier molecular flexibility index (Phi) is 4.25. The van der Waals surface area contributed by atoms with Crippen molar-refractivity contribution in [2.45, 2.75) is 44.8 Å². The Hall–Kier alpha value is -0.640. The van der Waals surface area contributed by atoms with E-state index in [-0.39, 0.29) is 17.9 Å². The molecular formula is C14H20ClFN2. The van der Waals surface area contributed by atoms with Crippen molar-refractivity contribution in [3.05, 3.63) is 34.6 Å². The minimum absolute atomic E-state index is 0.0408. The summed E-state index contributed by atoms with van der Waals surface area (Å²) in [6.45, 7) is 5.29. The van der Waals surface area contributed by atoms with E-state index in [1.165, 1.54) is 6.07 Å². The molecule has 100 valence electrons. The van der Waals surface area contributed by atoms with Crippen LogP contribution in [-0.2, 0) is 0 Å². The maximum absolute atomic E-state index is 13.5. The molecule has 1 aliphatic rings. The van der Waals surface area contributed by atoms with E-state index in [0.717, 1.165) is 24.9 Å². The normalized spacial score (nSPS) is 25.7. The molecule has 0 aliphatic carbocycles. The number of likely N-dealkylation sites (tertiary alicyclic amines) is 1. The third-order valence-electron chi connectivity index (χ3n) is 3.61. The Morgan fingerprint density at radius 3 is 2.72 bits per heavy atom. The van der Waals surface area contributed by atoms with Crippen LogP contribution >= 0.6 is 11.6 Å². The third kappa shape index (κ3) is 2.85. The van der Waals surface area contributed by atoms with Crippen molar-refractivity contribution < 1.29 is 4.39 Å². The quantitative estimate of drug-likeness (QED) is 0.893. The molecule has 0 bridgehead atoms. The molecule has 1 heterocycles. The van der Waals surface area contributed by atoms with E-state index < -0.39 is 0 Å². The van der Waals surface area contributed by atoms with Crippen LogP contribution in [0.1, 0.15) is 38.3 Å². The number of rotatable bonds is 2. The van der Waals surface area contributed by atoms with Crippen LogP contribution < -0.4 is 5.73 Å². The fourth-order valence-corrected chi connectivity index (χ4v) is 3.05. The lowest BCUT2D eigenvalue weighted by atomic mass is 9.90. The zero-order chi connectivity index (χ0) is 13.3. The molecule has 1 saturated heterocycles. The molecule has 2 N–H and O–H groups in total. The van der Waals surface area contributed by atoms with Crippen LogP contribution in [0, 0.1) is 5.82 Å². The topological polar surface area (TPSA) is 29.3 Å². The molecule has 1 fully saturated rings. The highest BCUT2D eigenvalue weighted by molar-refractivity contribution is 6.30. The van der Waals surface area contributed by atoms with Gasteiger partial charge < -0.3 is 5.73 Å². The van der Waals surface area contributed by atoms with Gasteiger partial charge in [-0.05, 0) is 57.0 Å². The number of nitrogens with zero attached hydrogens (tertiary/aromatic N) is 1. The van der Waals surface area contributed by atoms with E-state index in [4.69, 9.17) is 17.3 Å². The van der Waals surface area contributed by atoms with Crippen LogP contribution in [0.5, 0.6) is 0 Å². The van der Waals surface area contributed by atoms with Crippen LogP contribution in [0.15, 0.2) is 18.2 Å². The molecule has 2 nitrogen and oxygen atoms in total. The van der Waals surface area contributed by atoms with Crippen LogP contribution in [0.2, 0.25) is 5.02 Å². The van der Waals surface area contributed by atoms with Gasteiger partial charge in [0.2, 0.25) is 0 Å². The second-order valence-corrected chi connectivity index (χ2v) is 5.72. The van der Waals surface area contributed by atoms with Gasteiger partial charge in [0, 0.05) is 17.1 Å². The minimum Gasteiger partial charge on any atom is -0.326 e. The van der Waals surface area contributed by atoms with Crippen molar-refractivity contribution in [2.24, 2.45) is 5.73 Å². The van der Waals surface area contributed by atoms with Gasteiger partial charge in [-0.1, -0.05) is 11.6 Å². The van der Waals surface area contributed by atoms with Gasteiger partial charge in [0.15, 0.2) is 0 Å². The molecule has 1 aromatic carbocycles. The highest BCUT2D eigenvalue weighted by Gasteiger charge is 2.32. The van der Waals surface area contributed by atoms with Gasteiger partial charge in [-0.15, -0.1) is 0 Å². The van der Waals surface area contributed by atoms with Gasteiger partial charge in [-0.25, -0.2) is 4.39 Å². The second-order valence-electron chi connectivity index (χ2n) is 5.29. The molecule has 4 heteroatoms. The summed E-state index contributed by atoms with van der Waals surface area (Å²) in [5.74, 6) is -0.293. The summed E-state index contributed by atoms with van der Waals surface area (Å²) in [6, 6.07) is 5.21. The molecule has 0 amide bonds. The number of hydrogen-bond donors (Lipinski definition) is 1. The van der Waals surface area contributed by atoms with Crippen molar-refractivity contribution in [3.63, 3.8) is 0 Å². The van der Waals surface area contributed by atoms with Crippen molar-refractivity contribution in [1.29, 1.82) is 0 Å². The predicted octanol–water partition coefficient (Wildman–Crippen LogP) is 3.35. The Bertz CT molecular complexity index is 402. The van der Waals surface area contributed by atoms with E-state index in [2.05, 4.69) is 18.7 Å². The average Bonchev–Trinajstić information content (AvgIpc) is 2.26. The summed E-state index contributed by atoms with van der Waals surface area (Å²) >= 11 is 5.95. The Morgan fingerprint density at radius 1 is 1.39 bits per heavy atom. The van der Waals surface area contributed by atoms with Crippen molar-refractivity contribution in [3.8, 4) is 0 Å². The molecule has 0 radical (unpaired) electrons. The lowest BCUT2D eigenvalue weighted by molar-refractivity contribution is 0.0945. The van der Waals surface area contributed by atoms with Gasteiger partial charge in [0.25, 0.3) is 0 Å². The van der Waals surface area contributed by atoms with Crippen LogP contribution in [0.3, 0.4) is 0 Å². The third-order valence-corrected chi connectivity index (χ3v) is 3.82. The zero-order valence-electron chi connectivity index (χ0n) is 10.9. The maximum atomic E-state index is 13.5. The fourth-order valence-electron chi connectivity index (χ4n) is 2.82. The highest BCUT2D eigenvalue weighted by Crippen LogP contribution is 2.33. The van der Waals surface area contributed by atoms with Gasteiger partial charge in [-0.2, -0.15) is 0 Å². The number of piperidine rings is 1. The molecule has 0 spiro atoms. The molecule has 0 aromatic heterocycles. The Labute approximate surface area is 113 Å². The highest BCUT2D eigenvalue weighted by atomic mass is 35.5. The first-order chi connectivity index (χ1) is 8.49. The van der Waals surface area contributed by atoms with Crippen LogP contribution in [0.4, 0.5) is 4.39 Å². The van der Waals surface area contributed by atoms with Gasteiger partial charge in [0.1, 0.15) is 5.82 Å². The standard InChI is InChI=1S/C14H20ClFN2/c1-9(2)18-5-3-4-13(17)14(18)10-6-11(15)8-12(16)7-10/h6-9,13-14H,3-5,17H2,1-2H3. The van der Waals surface area contributed by atoms with Crippen molar-refractivity contribution >= 4 is 11.6 Å². The molecule has 0 saturated carbocycles. The monoisotopic (exact) mass is 270 g/mol. The van der Waals surface area contributed by atoms with Crippen LogP contribution in [-0.4, -0.2) is 23.5 Å². The number of nitrogens with two attached hydrogens (primary N) is 1. The summed E-state index contributed by atoms with van der Waals surface area (Å²) in [5, 5.41) is 0.437. The Balaban J connectivity index is 2.37. The summed E-state index contributed by atoms with van der Waals surface area (Å²) in [4.78, 5) is 2.33. The number of hydrogen-bond acceptors (Lipinski definition) is 2. The van der Waals surface area contributed by atoms with Crippen molar-refractivity contribution in [1.82, 2.24) is 4.90 Å². The molecular weight excluding hydrogens is 251 g/mol. The van der Waals surface area contributed by atoms with E-state index >= 15 is 0 Å². The fraction of sp³-hybridized carbons (Fsp3) is 0.571. The summed E-state index contributed by atoms with van der Waals surface area (Å²) in [6.07, 6.45) is 2.07. The van der Waals surface area contributed by atoms with Gasteiger partial charge in [-0.3, -0.25) is 4.90 Å². The Morgan fingerprint density at radius 2 is 2.11 bits per heavy atom. The largest absolute Gasteiger partial charge is 0.326 e. The first-order valence-corrected chi connectivity index (χ1v) is 6.84. The van der Waals surface area contributed by atoms with E-state index in [0.29, 0.717) is 11.1 Å². The smallest absolute Gasteiger partial charge is 0.125 e. The molecule has 2 atom stereocenters. The first kappa shape index (κ1) is 13.8. The number of benzene rings is 1. The average molecular weight is 271 g/mol. The van der Waals surface area contributed by atoms with Gasteiger partial charge >= 0.3 is 0 Å². The molecule has 2 unspecified atom stereocenters. The van der Waals surface area contributed by atoms with E-state index in [1.807, 2.05) is 6.07 Å². The summed E-state index contributed by atoms with van der Waals surface area (Å²) in [5.41, 5.74) is 7.12. The molecule has 18 heavy (non-hydrogen) atoms.